The van der Waals surface area contributed by atoms with Crippen molar-refractivity contribution in [3.63, 3.8) is 0 Å². The van der Waals surface area contributed by atoms with Crippen LogP contribution < -0.4 is 10.7 Å². The van der Waals surface area contributed by atoms with Crippen LogP contribution in [-0.2, 0) is 0 Å². The first-order valence-electron chi connectivity index (χ1n) is 9.48. The Balaban J connectivity index is 1.36. The highest BCUT2D eigenvalue weighted by atomic mass is 16.2. The lowest BCUT2D eigenvalue weighted by Gasteiger charge is -2.06. The maximum Gasteiger partial charge on any atom is 0.271 e. The summed E-state index contributed by atoms with van der Waals surface area (Å²) in [6.45, 7) is 0. The molecule has 5 heteroatoms. The van der Waals surface area contributed by atoms with Crippen molar-refractivity contribution >= 4 is 34.5 Å². The zero-order chi connectivity index (χ0) is 20.8. The first kappa shape index (κ1) is 19.1. The van der Waals surface area contributed by atoms with Crippen molar-refractivity contribution in [2.45, 2.75) is 0 Å². The summed E-state index contributed by atoms with van der Waals surface area (Å²) in [5.74, 6) is -0.527. The number of rotatable bonds is 5. The molecule has 5 nitrogen and oxygen atoms in total. The van der Waals surface area contributed by atoms with Gasteiger partial charge < -0.3 is 5.32 Å². The van der Waals surface area contributed by atoms with Gasteiger partial charge in [0, 0.05) is 16.8 Å². The minimum atomic E-state index is -0.326. The Hall–Kier alpha value is -4.25. The molecule has 0 aromatic heterocycles. The third-order valence-corrected chi connectivity index (χ3v) is 4.59. The fourth-order valence-electron chi connectivity index (χ4n) is 3.02. The van der Waals surface area contributed by atoms with Crippen LogP contribution in [0.4, 0.5) is 5.69 Å². The second-order valence-corrected chi connectivity index (χ2v) is 6.70. The van der Waals surface area contributed by atoms with Crippen molar-refractivity contribution in [1.82, 2.24) is 5.43 Å². The molecule has 0 bridgehead atoms. The highest BCUT2D eigenvalue weighted by Gasteiger charge is 2.07. The van der Waals surface area contributed by atoms with E-state index in [1.165, 1.54) is 0 Å². The number of hydrogen-bond acceptors (Lipinski definition) is 3. The molecular weight excluding hydrogens is 374 g/mol. The summed E-state index contributed by atoms with van der Waals surface area (Å²) in [5.41, 5.74) is 5.05. The largest absolute Gasteiger partial charge is 0.322 e. The molecule has 0 atom stereocenters. The lowest BCUT2D eigenvalue weighted by molar-refractivity contribution is 0.0954. The first-order valence-corrected chi connectivity index (χ1v) is 9.48. The zero-order valence-electron chi connectivity index (χ0n) is 16.1. The first-order chi connectivity index (χ1) is 14.7. The standard InChI is InChI=1S/C25H19N3O2/c29-24(20-7-2-1-3-8-20)27-23-14-12-21(13-15-23)25(30)28-26-17-18-10-11-19-6-4-5-9-22(19)16-18/h1-17H,(H,27,29)(H,28,30)/b26-17+. The Morgan fingerprint density at radius 3 is 2.10 bits per heavy atom. The summed E-state index contributed by atoms with van der Waals surface area (Å²) >= 11 is 0. The summed E-state index contributed by atoms with van der Waals surface area (Å²) in [5, 5.41) is 9.11. The molecule has 4 rings (SSSR count). The van der Waals surface area contributed by atoms with Gasteiger partial charge in [-0.25, -0.2) is 5.43 Å². The van der Waals surface area contributed by atoms with E-state index in [2.05, 4.69) is 15.8 Å². The zero-order valence-corrected chi connectivity index (χ0v) is 16.1. The van der Waals surface area contributed by atoms with E-state index in [4.69, 9.17) is 0 Å². The summed E-state index contributed by atoms with van der Waals surface area (Å²) in [6.07, 6.45) is 1.61. The van der Waals surface area contributed by atoms with Crippen molar-refractivity contribution < 1.29 is 9.59 Å². The summed E-state index contributed by atoms with van der Waals surface area (Å²) in [7, 11) is 0. The normalized spacial score (nSPS) is 10.8. The Kier molecular flexibility index (Phi) is 5.62. The molecule has 0 saturated heterocycles. The third-order valence-electron chi connectivity index (χ3n) is 4.59. The third kappa shape index (κ3) is 4.59. The molecule has 0 saturated carbocycles. The van der Waals surface area contributed by atoms with E-state index in [0.717, 1.165) is 16.3 Å². The second-order valence-electron chi connectivity index (χ2n) is 6.70. The second kappa shape index (κ2) is 8.84. The fraction of sp³-hybridized carbons (Fsp3) is 0. The molecule has 2 N–H and O–H groups in total. The van der Waals surface area contributed by atoms with Crippen LogP contribution in [0.3, 0.4) is 0 Å². The van der Waals surface area contributed by atoms with E-state index < -0.39 is 0 Å². The fourth-order valence-corrected chi connectivity index (χ4v) is 3.02. The highest BCUT2D eigenvalue weighted by molar-refractivity contribution is 6.04. The molecule has 4 aromatic carbocycles. The van der Waals surface area contributed by atoms with Gasteiger partial charge in [0.1, 0.15) is 0 Å². The van der Waals surface area contributed by atoms with E-state index in [1.54, 1.807) is 54.7 Å². The van der Waals surface area contributed by atoms with Gasteiger partial charge in [-0.2, -0.15) is 5.10 Å². The van der Waals surface area contributed by atoms with Crippen molar-refractivity contribution in [2.75, 3.05) is 5.32 Å². The Morgan fingerprint density at radius 1 is 0.667 bits per heavy atom. The van der Waals surface area contributed by atoms with Gasteiger partial charge >= 0.3 is 0 Å². The SMILES string of the molecule is O=C(N/N=C/c1ccc2ccccc2c1)c1ccc(NC(=O)c2ccccc2)cc1. The van der Waals surface area contributed by atoms with Gasteiger partial charge in [-0.15, -0.1) is 0 Å². The number of nitrogens with one attached hydrogen (secondary N) is 2. The van der Waals surface area contributed by atoms with Gasteiger partial charge in [-0.1, -0.05) is 54.6 Å². The van der Waals surface area contributed by atoms with Gasteiger partial charge in [0.25, 0.3) is 11.8 Å². The molecule has 0 spiro atoms. The molecule has 146 valence electrons. The topological polar surface area (TPSA) is 70.6 Å². The molecule has 30 heavy (non-hydrogen) atoms. The van der Waals surface area contributed by atoms with Crippen molar-refractivity contribution in [2.24, 2.45) is 5.10 Å². The molecular formula is C25H19N3O2. The maximum absolute atomic E-state index is 12.3. The molecule has 0 fully saturated rings. The van der Waals surface area contributed by atoms with Gasteiger partial charge in [0.15, 0.2) is 0 Å². The lowest BCUT2D eigenvalue weighted by atomic mass is 10.1. The van der Waals surface area contributed by atoms with Gasteiger partial charge in [-0.3, -0.25) is 9.59 Å². The van der Waals surface area contributed by atoms with E-state index in [1.807, 2.05) is 48.5 Å². The van der Waals surface area contributed by atoms with Crippen LogP contribution in [0.5, 0.6) is 0 Å². The predicted octanol–water partition coefficient (Wildman–Crippen LogP) is 4.86. The Morgan fingerprint density at radius 2 is 1.33 bits per heavy atom. The molecule has 0 heterocycles. The predicted molar refractivity (Wildman–Crippen MR) is 120 cm³/mol. The molecule has 4 aromatic rings. The molecule has 0 aliphatic heterocycles. The van der Waals surface area contributed by atoms with Crippen molar-refractivity contribution in [3.8, 4) is 0 Å². The lowest BCUT2D eigenvalue weighted by Crippen LogP contribution is -2.17. The van der Waals surface area contributed by atoms with Crippen molar-refractivity contribution in [3.05, 3.63) is 114 Å². The summed E-state index contributed by atoms with van der Waals surface area (Å²) < 4.78 is 0. The van der Waals surface area contributed by atoms with E-state index in [0.29, 0.717) is 16.8 Å². The number of amides is 2. The Labute approximate surface area is 174 Å². The van der Waals surface area contributed by atoms with Gasteiger partial charge in [0.05, 0.1) is 6.21 Å². The number of hydrogen-bond donors (Lipinski definition) is 2. The number of carbonyl (C=O) groups excluding carboxylic acids is 2. The van der Waals surface area contributed by atoms with Gasteiger partial charge in [0.2, 0.25) is 0 Å². The average Bonchev–Trinajstić information content (AvgIpc) is 2.80. The minimum absolute atomic E-state index is 0.201. The molecule has 0 unspecified atom stereocenters. The van der Waals surface area contributed by atoms with E-state index in [9.17, 15) is 9.59 Å². The van der Waals surface area contributed by atoms with Crippen LogP contribution in [0.15, 0.2) is 102 Å². The number of benzene rings is 4. The Bertz CT molecular complexity index is 1220. The summed E-state index contributed by atoms with van der Waals surface area (Å²) in [4.78, 5) is 24.5. The van der Waals surface area contributed by atoms with E-state index >= 15 is 0 Å². The number of hydrazone groups is 1. The molecule has 0 aliphatic rings. The number of fused-ring (bicyclic) bond motifs is 1. The number of nitrogens with zero attached hydrogens (tertiary/aromatic N) is 1. The summed E-state index contributed by atoms with van der Waals surface area (Å²) in [6, 6.07) is 29.6. The van der Waals surface area contributed by atoms with Crippen molar-refractivity contribution in [1.29, 1.82) is 0 Å². The van der Waals surface area contributed by atoms with Crippen LogP contribution in [0.1, 0.15) is 26.3 Å². The maximum atomic E-state index is 12.3. The smallest absolute Gasteiger partial charge is 0.271 e. The highest BCUT2D eigenvalue weighted by Crippen LogP contribution is 2.15. The van der Waals surface area contributed by atoms with Crippen LogP contribution in [0.2, 0.25) is 0 Å². The molecule has 0 aliphatic carbocycles. The van der Waals surface area contributed by atoms with Crippen LogP contribution in [0.25, 0.3) is 10.8 Å². The molecule has 0 radical (unpaired) electrons. The van der Waals surface area contributed by atoms with Crippen LogP contribution >= 0.6 is 0 Å². The monoisotopic (exact) mass is 393 g/mol. The van der Waals surface area contributed by atoms with Crippen LogP contribution in [-0.4, -0.2) is 18.0 Å². The molecule has 2 amide bonds. The number of carbonyl (C=O) groups is 2. The average molecular weight is 393 g/mol. The van der Waals surface area contributed by atoms with E-state index in [-0.39, 0.29) is 11.8 Å². The quantitative estimate of drug-likeness (QED) is 0.376. The minimum Gasteiger partial charge on any atom is -0.322 e. The van der Waals surface area contributed by atoms with Crippen LogP contribution in [0, 0.1) is 0 Å². The van der Waals surface area contributed by atoms with Gasteiger partial charge in [-0.05, 0) is 58.8 Å². The number of anilines is 1.